The summed E-state index contributed by atoms with van der Waals surface area (Å²) in [6, 6.07) is 17.5. The minimum Gasteiger partial charge on any atom is -0.322 e. The van der Waals surface area contributed by atoms with Gasteiger partial charge >= 0.3 is 0 Å². The molecule has 0 bridgehead atoms. The highest BCUT2D eigenvalue weighted by atomic mass is 32.2. The van der Waals surface area contributed by atoms with Crippen molar-refractivity contribution >= 4 is 23.4 Å². The van der Waals surface area contributed by atoms with Gasteiger partial charge in [0.15, 0.2) is 5.16 Å². The van der Waals surface area contributed by atoms with Crippen LogP contribution in [0.4, 0.5) is 5.69 Å². The second-order valence-electron chi connectivity index (χ2n) is 6.32. The second-order valence-corrected chi connectivity index (χ2v) is 7.63. The second kappa shape index (κ2) is 8.19. The highest BCUT2D eigenvalue weighted by Gasteiger charge is 2.15. The van der Waals surface area contributed by atoms with Crippen molar-refractivity contribution in [1.82, 2.24) is 14.8 Å². The normalized spacial score (nSPS) is 12.2. The van der Waals surface area contributed by atoms with Gasteiger partial charge in [0.1, 0.15) is 6.33 Å². The Morgan fingerprint density at radius 1 is 1.08 bits per heavy atom. The molecule has 1 aromatic heterocycles. The third-order valence-electron chi connectivity index (χ3n) is 4.03. The molecule has 0 aliphatic carbocycles. The third-order valence-corrected chi connectivity index (χ3v) is 5.16. The minimum atomic E-state index is -0.109. The fourth-order valence-electron chi connectivity index (χ4n) is 2.56. The SMILES string of the molecule is CC(C)n1cnnc1S[C@H](C)c1cccc(NC(=O)c2ccccc2)c1. The number of rotatable bonds is 6. The summed E-state index contributed by atoms with van der Waals surface area (Å²) in [6.45, 7) is 6.35. The molecular weight excluding hydrogens is 344 g/mol. The zero-order chi connectivity index (χ0) is 18.5. The lowest BCUT2D eigenvalue weighted by molar-refractivity contribution is 0.102. The van der Waals surface area contributed by atoms with Crippen molar-refractivity contribution in [2.45, 2.75) is 37.2 Å². The van der Waals surface area contributed by atoms with E-state index in [9.17, 15) is 4.79 Å². The maximum atomic E-state index is 12.3. The Hall–Kier alpha value is -2.60. The van der Waals surface area contributed by atoms with E-state index in [0.717, 1.165) is 16.4 Å². The van der Waals surface area contributed by atoms with E-state index in [1.807, 2.05) is 36.4 Å². The molecule has 0 spiro atoms. The Balaban J connectivity index is 1.72. The van der Waals surface area contributed by atoms with Gasteiger partial charge in [-0.25, -0.2) is 0 Å². The maximum Gasteiger partial charge on any atom is 0.255 e. The number of nitrogens with zero attached hydrogens (tertiary/aromatic N) is 3. The molecule has 26 heavy (non-hydrogen) atoms. The van der Waals surface area contributed by atoms with Gasteiger partial charge in [-0.3, -0.25) is 4.79 Å². The third kappa shape index (κ3) is 4.32. The van der Waals surface area contributed by atoms with Crippen LogP contribution in [0.5, 0.6) is 0 Å². The quantitative estimate of drug-likeness (QED) is 0.626. The summed E-state index contributed by atoms with van der Waals surface area (Å²) in [5.41, 5.74) is 2.55. The zero-order valence-electron chi connectivity index (χ0n) is 15.1. The predicted molar refractivity (Wildman–Crippen MR) is 106 cm³/mol. The molecule has 0 fully saturated rings. The van der Waals surface area contributed by atoms with Crippen LogP contribution < -0.4 is 5.32 Å². The lowest BCUT2D eigenvalue weighted by atomic mass is 10.1. The fourth-order valence-corrected chi connectivity index (χ4v) is 3.63. The molecule has 3 rings (SSSR count). The predicted octanol–water partition coefficient (Wildman–Crippen LogP) is 4.96. The molecule has 0 aliphatic heterocycles. The van der Waals surface area contributed by atoms with Crippen molar-refractivity contribution < 1.29 is 4.79 Å². The standard InChI is InChI=1S/C20H22N4OS/c1-14(2)24-13-21-23-20(24)26-15(3)17-10-7-11-18(12-17)22-19(25)16-8-5-4-6-9-16/h4-15H,1-3H3,(H,22,25)/t15-/m1/s1. The Morgan fingerprint density at radius 3 is 2.58 bits per heavy atom. The number of benzene rings is 2. The number of carbonyl (C=O) groups excluding carboxylic acids is 1. The molecule has 1 atom stereocenters. The van der Waals surface area contributed by atoms with Crippen LogP contribution >= 0.6 is 11.8 Å². The summed E-state index contributed by atoms with van der Waals surface area (Å²) in [7, 11) is 0. The number of nitrogens with one attached hydrogen (secondary N) is 1. The highest BCUT2D eigenvalue weighted by molar-refractivity contribution is 7.99. The molecule has 2 aromatic carbocycles. The van der Waals surface area contributed by atoms with Gasteiger partial charge in [0.2, 0.25) is 0 Å². The average Bonchev–Trinajstić information content (AvgIpc) is 3.11. The number of aromatic nitrogens is 3. The Kier molecular flexibility index (Phi) is 5.73. The van der Waals surface area contributed by atoms with E-state index in [2.05, 4.69) is 46.9 Å². The van der Waals surface area contributed by atoms with E-state index in [-0.39, 0.29) is 11.2 Å². The highest BCUT2D eigenvalue weighted by Crippen LogP contribution is 2.35. The molecule has 6 heteroatoms. The van der Waals surface area contributed by atoms with E-state index in [0.29, 0.717) is 11.6 Å². The summed E-state index contributed by atoms with van der Waals surface area (Å²) >= 11 is 1.66. The van der Waals surface area contributed by atoms with Crippen molar-refractivity contribution in [3.05, 3.63) is 72.1 Å². The van der Waals surface area contributed by atoms with Crippen LogP contribution in [0.25, 0.3) is 0 Å². The summed E-state index contributed by atoms with van der Waals surface area (Å²) in [5.74, 6) is -0.109. The van der Waals surface area contributed by atoms with Gasteiger partial charge in [0, 0.05) is 22.5 Å². The Bertz CT molecular complexity index is 876. The molecule has 0 saturated heterocycles. The molecule has 0 radical (unpaired) electrons. The molecule has 0 saturated carbocycles. The maximum absolute atomic E-state index is 12.3. The first-order chi connectivity index (χ1) is 12.5. The first-order valence-corrected chi connectivity index (χ1v) is 9.45. The number of anilines is 1. The number of amides is 1. The average molecular weight is 366 g/mol. The molecule has 3 aromatic rings. The molecule has 134 valence electrons. The fraction of sp³-hybridized carbons (Fsp3) is 0.250. The molecular formula is C20H22N4OS. The number of carbonyl (C=O) groups is 1. The molecule has 1 amide bonds. The summed E-state index contributed by atoms with van der Waals surface area (Å²) in [6.07, 6.45) is 1.76. The van der Waals surface area contributed by atoms with E-state index >= 15 is 0 Å². The van der Waals surface area contributed by atoms with Gasteiger partial charge in [-0.2, -0.15) is 0 Å². The lowest BCUT2D eigenvalue weighted by Crippen LogP contribution is -2.11. The molecule has 0 unspecified atom stereocenters. The van der Waals surface area contributed by atoms with Crippen LogP contribution in [-0.4, -0.2) is 20.7 Å². The summed E-state index contributed by atoms with van der Waals surface area (Å²) in [4.78, 5) is 12.3. The smallest absolute Gasteiger partial charge is 0.255 e. The monoisotopic (exact) mass is 366 g/mol. The number of thioether (sulfide) groups is 1. The first kappa shape index (κ1) is 18.2. The van der Waals surface area contributed by atoms with E-state index in [1.54, 1.807) is 30.2 Å². The zero-order valence-corrected chi connectivity index (χ0v) is 15.9. The first-order valence-electron chi connectivity index (χ1n) is 8.57. The Morgan fingerprint density at radius 2 is 1.85 bits per heavy atom. The van der Waals surface area contributed by atoms with Crippen molar-refractivity contribution in [3.63, 3.8) is 0 Å². The van der Waals surface area contributed by atoms with Crippen molar-refractivity contribution in [1.29, 1.82) is 0 Å². The van der Waals surface area contributed by atoms with Crippen LogP contribution in [0.1, 0.15) is 48.0 Å². The van der Waals surface area contributed by atoms with Gasteiger partial charge in [0.25, 0.3) is 5.91 Å². The van der Waals surface area contributed by atoms with Crippen molar-refractivity contribution in [2.75, 3.05) is 5.32 Å². The largest absolute Gasteiger partial charge is 0.322 e. The van der Waals surface area contributed by atoms with Crippen molar-refractivity contribution in [3.8, 4) is 0 Å². The Labute approximate surface area is 157 Å². The topological polar surface area (TPSA) is 59.8 Å². The van der Waals surface area contributed by atoms with E-state index in [1.165, 1.54) is 0 Å². The molecule has 1 N–H and O–H groups in total. The van der Waals surface area contributed by atoms with E-state index < -0.39 is 0 Å². The van der Waals surface area contributed by atoms with Gasteiger partial charge in [0.05, 0.1) is 0 Å². The van der Waals surface area contributed by atoms with Crippen LogP contribution in [0.3, 0.4) is 0 Å². The molecule has 1 heterocycles. The lowest BCUT2D eigenvalue weighted by Gasteiger charge is -2.15. The van der Waals surface area contributed by atoms with Crippen LogP contribution in [-0.2, 0) is 0 Å². The number of hydrogen-bond acceptors (Lipinski definition) is 4. The van der Waals surface area contributed by atoms with Crippen LogP contribution in [0.15, 0.2) is 66.1 Å². The van der Waals surface area contributed by atoms with Crippen LogP contribution in [0.2, 0.25) is 0 Å². The summed E-state index contributed by atoms with van der Waals surface area (Å²) < 4.78 is 2.06. The van der Waals surface area contributed by atoms with Gasteiger partial charge in [-0.05, 0) is 50.6 Å². The van der Waals surface area contributed by atoms with Crippen LogP contribution in [0, 0.1) is 0 Å². The molecule has 5 nitrogen and oxygen atoms in total. The number of hydrogen-bond donors (Lipinski definition) is 1. The van der Waals surface area contributed by atoms with Gasteiger partial charge < -0.3 is 9.88 Å². The molecule has 0 aliphatic rings. The summed E-state index contributed by atoms with van der Waals surface area (Å²) in [5, 5.41) is 12.3. The van der Waals surface area contributed by atoms with Gasteiger partial charge in [-0.15, -0.1) is 10.2 Å². The van der Waals surface area contributed by atoms with E-state index in [4.69, 9.17) is 0 Å². The van der Waals surface area contributed by atoms with Gasteiger partial charge in [-0.1, -0.05) is 42.1 Å². The van der Waals surface area contributed by atoms with Crippen molar-refractivity contribution in [2.24, 2.45) is 0 Å². The minimum absolute atomic E-state index is 0.109.